The van der Waals surface area contributed by atoms with Gasteiger partial charge in [-0.3, -0.25) is 0 Å². The van der Waals surface area contributed by atoms with Crippen molar-refractivity contribution in [1.29, 1.82) is 0 Å². The van der Waals surface area contributed by atoms with Crippen LogP contribution in [-0.4, -0.2) is 23.0 Å². The molecule has 1 aliphatic rings. The molecule has 1 aliphatic heterocycles. The molecular formula is C16H15Cl2NOS. The van der Waals surface area contributed by atoms with Crippen LogP contribution in [0, 0.1) is 0 Å². The molecule has 1 fully saturated rings. The highest BCUT2D eigenvalue weighted by Gasteiger charge is 2.19. The van der Waals surface area contributed by atoms with Gasteiger partial charge < -0.3 is 9.32 Å². The maximum Gasteiger partial charge on any atom is 0.162 e. The number of thiocarbonyl (C=S) groups is 1. The highest BCUT2D eigenvalue weighted by Crippen LogP contribution is 2.35. The van der Waals surface area contributed by atoms with Crippen molar-refractivity contribution in [3.63, 3.8) is 0 Å². The summed E-state index contributed by atoms with van der Waals surface area (Å²) in [7, 11) is 0. The number of halogens is 2. The monoisotopic (exact) mass is 339 g/mol. The summed E-state index contributed by atoms with van der Waals surface area (Å²) < 4.78 is 5.89. The minimum Gasteiger partial charge on any atom is -0.454 e. The van der Waals surface area contributed by atoms with E-state index in [2.05, 4.69) is 4.90 Å². The van der Waals surface area contributed by atoms with Gasteiger partial charge in [-0.25, -0.2) is 0 Å². The molecule has 0 bridgehead atoms. The van der Waals surface area contributed by atoms with Gasteiger partial charge in [0.1, 0.15) is 10.7 Å². The summed E-state index contributed by atoms with van der Waals surface area (Å²) in [6, 6.07) is 9.18. The Balaban J connectivity index is 1.88. The summed E-state index contributed by atoms with van der Waals surface area (Å²) in [5, 5.41) is 1.15. The Morgan fingerprint density at radius 2 is 1.67 bits per heavy atom. The molecular weight excluding hydrogens is 325 g/mol. The van der Waals surface area contributed by atoms with Crippen LogP contribution in [0.5, 0.6) is 0 Å². The minimum absolute atomic E-state index is 0.576. The number of piperidine rings is 1. The lowest BCUT2D eigenvalue weighted by Gasteiger charge is -2.27. The van der Waals surface area contributed by atoms with E-state index in [1.54, 1.807) is 12.1 Å². The number of hydrogen-bond donors (Lipinski definition) is 0. The maximum absolute atomic E-state index is 6.21. The summed E-state index contributed by atoms with van der Waals surface area (Å²) >= 11 is 18.0. The van der Waals surface area contributed by atoms with Crippen molar-refractivity contribution < 1.29 is 4.42 Å². The lowest BCUT2D eigenvalue weighted by molar-refractivity contribution is 0.342. The highest BCUT2D eigenvalue weighted by atomic mass is 35.5. The Kier molecular flexibility index (Phi) is 4.53. The van der Waals surface area contributed by atoms with Crippen molar-refractivity contribution in [2.75, 3.05) is 13.1 Å². The maximum atomic E-state index is 6.21. The number of benzene rings is 1. The SMILES string of the molecule is S=C(c1ccc(-c2c(Cl)cccc2Cl)o1)N1CCCCC1. The molecule has 2 aromatic rings. The van der Waals surface area contributed by atoms with Crippen LogP contribution in [0.15, 0.2) is 34.7 Å². The molecule has 1 saturated heterocycles. The van der Waals surface area contributed by atoms with E-state index in [0.29, 0.717) is 27.1 Å². The topological polar surface area (TPSA) is 16.4 Å². The molecule has 0 amide bonds. The van der Waals surface area contributed by atoms with Gasteiger partial charge in [0.05, 0.1) is 15.6 Å². The van der Waals surface area contributed by atoms with Gasteiger partial charge in [-0.05, 0) is 43.5 Å². The second kappa shape index (κ2) is 6.39. The first-order valence-electron chi connectivity index (χ1n) is 7.00. The zero-order valence-electron chi connectivity index (χ0n) is 11.4. The molecule has 5 heteroatoms. The molecule has 0 aliphatic carbocycles. The van der Waals surface area contributed by atoms with E-state index in [9.17, 15) is 0 Å². The zero-order chi connectivity index (χ0) is 14.8. The lowest BCUT2D eigenvalue weighted by Crippen LogP contribution is -2.34. The van der Waals surface area contributed by atoms with Gasteiger partial charge in [-0.15, -0.1) is 0 Å². The number of likely N-dealkylation sites (tertiary alicyclic amines) is 1. The van der Waals surface area contributed by atoms with Gasteiger partial charge in [-0.1, -0.05) is 41.5 Å². The van der Waals surface area contributed by atoms with Crippen LogP contribution in [0.25, 0.3) is 11.3 Å². The molecule has 2 nitrogen and oxygen atoms in total. The number of hydrogen-bond acceptors (Lipinski definition) is 2. The largest absolute Gasteiger partial charge is 0.454 e. The molecule has 0 unspecified atom stereocenters. The van der Waals surface area contributed by atoms with Crippen LogP contribution < -0.4 is 0 Å². The fourth-order valence-corrected chi connectivity index (χ4v) is 3.45. The van der Waals surface area contributed by atoms with Crippen molar-refractivity contribution in [3.8, 4) is 11.3 Å². The summed E-state index contributed by atoms with van der Waals surface area (Å²) in [6.45, 7) is 2.00. The molecule has 0 saturated carbocycles. The molecule has 2 heterocycles. The number of furan rings is 1. The smallest absolute Gasteiger partial charge is 0.162 e. The van der Waals surface area contributed by atoms with E-state index < -0.39 is 0 Å². The van der Waals surface area contributed by atoms with Crippen molar-refractivity contribution >= 4 is 40.4 Å². The molecule has 21 heavy (non-hydrogen) atoms. The second-order valence-corrected chi connectivity index (χ2v) is 6.31. The van der Waals surface area contributed by atoms with Gasteiger partial charge in [0.25, 0.3) is 0 Å². The van der Waals surface area contributed by atoms with Crippen molar-refractivity contribution in [3.05, 3.63) is 46.1 Å². The molecule has 1 aromatic heterocycles. The average molecular weight is 340 g/mol. The molecule has 1 aromatic carbocycles. The predicted molar refractivity (Wildman–Crippen MR) is 91.3 cm³/mol. The van der Waals surface area contributed by atoms with Crippen LogP contribution in [-0.2, 0) is 0 Å². The fraction of sp³-hybridized carbons (Fsp3) is 0.312. The Morgan fingerprint density at radius 3 is 2.33 bits per heavy atom. The summed E-state index contributed by atoms with van der Waals surface area (Å²) in [5.41, 5.74) is 0.716. The third-order valence-corrected chi connectivity index (χ3v) is 4.76. The average Bonchev–Trinajstić information content (AvgIpc) is 2.97. The van der Waals surface area contributed by atoms with Gasteiger partial charge in [0, 0.05) is 13.1 Å². The van der Waals surface area contributed by atoms with Gasteiger partial charge in [-0.2, -0.15) is 0 Å². The van der Waals surface area contributed by atoms with E-state index in [1.165, 1.54) is 19.3 Å². The Hall–Kier alpha value is -1.03. The molecule has 3 rings (SSSR count). The molecule has 110 valence electrons. The Morgan fingerprint density at radius 1 is 1.00 bits per heavy atom. The fourth-order valence-electron chi connectivity index (χ4n) is 2.57. The first-order chi connectivity index (χ1) is 10.2. The van der Waals surface area contributed by atoms with E-state index in [-0.39, 0.29) is 0 Å². The Labute approximate surface area is 139 Å². The Bertz CT molecular complexity index is 642. The third-order valence-electron chi connectivity index (χ3n) is 3.67. The molecule has 0 N–H and O–H groups in total. The molecule has 0 spiro atoms. The van der Waals surface area contributed by atoms with E-state index in [0.717, 1.165) is 18.1 Å². The predicted octanol–water partition coefficient (Wildman–Crippen LogP) is 5.41. The molecule has 0 atom stereocenters. The van der Waals surface area contributed by atoms with Crippen LogP contribution in [0.2, 0.25) is 10.0 Å². The summed E-state index contributed by atoms with van der Waals surface area (Å²) in [5.74, 6) is 1.36. The lowest BCUT2D eigenvalue weighted by atomic mass is 10.1. The summed E-state index contributed by atoms with van der Waals surface area (Å²) in [6.07, 6.45) is 3.64. The van der Waals surface area contributed by atoms with Crippen molar-refractivity contribution in [2.45, 2.75) is 19.3 Å². The quantitative estimate of drug-likeness (QED) is 0.680. The first kappa shape index (κ1) is 14.9. The third kappa shape index (κ3) is 3.10. The zero-order valence-corrected chi connectivity index (χ0v) is 13.8. The van der Waals surface area contributed by atoms with E-state index >= 15 is 0 Å². The second-order valence-electron chi connectivity index (χ2n) is 5.11. The van der Waals surface area contributed by atoms with Crippen LogP contribution in [0.3, 0.4) is 0 Å². The number of rotatable bonds is 2. The van der Waals surface area contributed by atoms with Crippen molar-refractivity contribution in [2.24, 2.45) is 0 Å². The summed E-state index contributed by atoms with van der Waals surface area (Å²) in [4.78, 5) is 2.97. The highest BCUT2D eigenvalue weighted by molar-refractivity contribution is 7.80. The normalized spacial score (nSPS) is 15.2. The first-order valence-corrected chi connectivity index (χ1v) is 8.17. The minimum atomic E-state index is 0.576. The van der Waals surface area contributed by atoms with E-state index in [4.69, 9.17) is 39.8 Å². The van der Waals surface area contributed by atoms with Crippen LogP contribution in [0.1, 0.15) is 25.0 Å². The molecule has 0 radical (unpaired) electrons. The van der Waals surface area contributed by atoms with Crippen molar-refractivity contribution in [1.82, 2.24) is 4.90 Å². The number of nitrogens with zero attached hydrogens (tertiary/aromatic N) is 1. The van der Waals surface area contributed by atoms with Crippen LogP contribution in [0.4, 0.5) is 0 Å². The van der Waals surface area contributed by atoms with Crippen LogP contribution >= 0.6 is 35.4 Å². The van der Waals surface area contributed by atoms with Gasteiger partial charge in [0.15, 0.2) is 5.76 Å². The van der Waals surface area contributed by atoms with E-state index in [1.807, 2.05) is 18.2 Å². The van der Waals surface area contributed by atoms with Gasteiger partial charge >= 0.3 is 0 Å². The standard InChI is InChI=1S/C16H15Cl2NOS/c17-11-5-4-6-12(18)15(11)13-7-8-14(20-13)16(21)19-9-2-1-3-10-19/h4-8H,1-3,9-10H2. The van der Waals surface area contributed by atoms with Gasteiger partial charge in [0.2, 0.25) is 0 Å².